The minimum absolute atomic E-state index is 0.270. The summed E-state index contributed by atoms with van der Waals surface area (Å²) >= 11 is 0. The van der Waals surface area contributed by atoms with Crippen molar-refractivity contribution in [2.75, 3.05) is 18.5 Å². The van der Waals surface area contributed by atoms with E-state index in [2.05, 4.69) is 10.1 Å². The van der Waals surface area contributed by atoms with E-state index in [1.54, 1.807) is 0 Å². The van der Waals surface area contributed by atoms with Gasteiger partial charge in [-0.1, -0.05) is 0 Å². The quantitative estimate of drug-likeness (QED) is 0.582. The second-order valence-electron chi connectivity index (χ2n) is 4.93. The fraction of sp³-hybridized carbons (Fsp3) is 0.385. The number of rotatable bonds is 6. The molecule has 24 heavy (non-hydrogen) atoms. The molecule has 1 unspecified atom stereocenters. The molecule has 1 aromatic rings. The van der Waals surface area contributed by atoms with Gasteiger partial charge in [-0.2, -0.15) is 13.2 Å². The molecule has 4 N–H and O–H groups in total. The van der Waals surface area contributed by atoms with E-state index in [-0.39, 0.29) is 5.69 Å². The van der Waals surface area contributed by atoms with Gasteiger partial charge in [-0.25, -0.2) is 14.0 Å². The number of amides is 2. The van der Waals surface area contributed by atoms with Crippen LogP contribution in [0.5, 0.6) is 5.75 Å². The summed E-state index contributed by atoms with van der Waals surface area (Å²) in [6.07, 6.45) is -4.66. The molecule has 0 bridgehead atoms. The Hall–Kier alpha value is -2.56. The number of urea groups is 1. The fourth-order valence-electron chi connectivity index (χ4n) is 1.37. The number of hydrogen-bond donors (Lipinski definition) is 4. The lowest BCUT2D eigenvalue weighted by Gasteiger charge is -2.19. The third kappa shape index (κ3) is 6.28. The monoisotopic (exact) mass is 354 g/mol. The van der Waals surface area contributed by atoms with Gasteiger partial charge in [-0.15, -0.1) is 0 Å². The molecule has 0 aliphatic carbocycles. The van der Waals surface area contributed by atoms with Gasteiger partial charge < -0.3 is 25.6 Å². The molecule has 11 heteroatoms. The standard InChI is InChI=1S/C13H14F4N2O5/c1-12(23,10(20)21)5-18-11(22)19-8-3-2-7(14)4-9(8)24-6-13(15,16)17/h2-4,23H,5-6H2,1H3,(H,20,21)(H2,18,19,22). The number of nitrogens with one attached hydrogen (secondary N) is 2. The Kier molecular flexibility index (Phi) is 5.96. The molecule has 0 aliphatic rings. The number of hydrogen-bond acceptors (Lipinski definition) is 4. The number of halogens is 4. The number of aliphatic carboxylic acids is 1. The number of carbonyl (C=O) groups excluding carboxylic acids is 1. The van der Waals surface area contributed by atoms with Crippen LogP contribution >= 0.6 is 0 Å². The van der Waals surface area contributed by atoms with Gasteiger partial charge in [0.15, 0.2) is 12.2 Å². The number of benzene rings is 1. The molecule has 0 aromatic heterocycles. The first-order chi connectivity index (χ1) is 10.9. The molecule has 1 aromatic carbocycles. The first kappa shape index (κ1) is 19.5. The topological polar surface area (TPSA) is 108 Å². The van der Waals surface area contributed by atoms with Gasteiger partial charge in [-0.05, 0) is 19.1 Å². The van der Waals surface area contributed by atoms with E-state index in [1.807, 2.05) is 5.32 Å². The predicted octanol–water partition coefficient (Wildman–Crippen LogP) is 1.72. The molecule has 134 valence electrons. The summed E-state index contributed by atoms with van der Waals surface area (Å²) in [7, 11) is 0. The van der Waals surface area contributed by atoms with Crippen molar-refractivity contribution < 1.29 is 42.1 Å². The third-order valence-corrected chi connectivity index (χ3v) is 2.64. The second-order valence-corrected chi connectivity index (χ2v) is 4.93. The van der Waals surface area contributed by atoms with E-state index in [4.69, 9.17) is 5.11 Å². The van der Waals surface area contributed by atoms with Crippen LogP contribution in [0.25, 0.3) is 0 Å². The van der Waals surface area contributed by atoms with Crippen LogP contribution in [0.2, 0.25) is 0 Å². The number of carboxylic acids is 1. The number of carbonyl (C=O) groups is 2. The van der Waals surface area contributed by atoms with Crippen LogP contribution in [-0.4, -0.2) is 47.1 Å². The highest BCUT2D eigenvalue weighted by molar-refractivity contribution is 5.91. The Labute approximate surface area is 133 Å². The summed E-state index contributed by atoms with van der Waals surface area (Å²) in [5, 5.41) is 22.2. The lowest BCUT2D eigenvalue weighted by atomic mass is 10.1. The summed E-state index contributed by atoms with van der Waals surface area (Å²) in [6.45, 7) is -1.43. The van der Waals surface area contributed by atoms with Crippen molar-refractivity contribution in [1.82, 2.24) is 5.32 Å². The third-order valence-electron chi connectivity index (χ3n) is 2.64. The van der Waals surface area contributed by atoms with Gasteiger partial charge in [0.2, 0.25) is 0 Å². The number of alkyl halides is 3. The molecule has 0 saturated carbocycles. The number of carboxylic acid groups (broad SMARTS) is 1. The summed E-state index contributed by atoms with van der Waals surface area (Å²) < 4.78 is 54.0. The minimum Gasteiger partial charge on any atom is -0.482 e. The maximum absolute atomic E-state index is 13.1. The van der Waals surface area contributed by atoms with Crippen LogP contribution < -0.4 is 15.4 Å². The van der Waals surface area contributed by atoms with Crippen LogP contribution in [0, 0.1) is 5.82 Å². The molecule has 0 aliphatic heterocycles. The highest BCUT2D eigenvalue weighted by atomic mass is 19.4. The average Bonchev–Trinajstić information content (AvgIpc) is 2.44. The lowest BCUT2D eigenvalue weighted by molar-refractivity contribution is -0.155. The van der Waals surface area contributed by atoms with Gasteiger partial charge in [0.25, 0.3) is 0 Å². The molecule has 2 amide bonds. The summed E-state index contributed by atoms with van der Waals surface area (Å²) in [6, 6.07) is 1.47. The van der Waals surface area contributed by atoms with Crippen molar-refractivity contribution in [3.8, 4) is 5.75 Å². The highest BCUT2D eigenvalue weighted by Crippen LogP contribution is 2.27. The van der Waals surface area contributed by atoms with Gasteiger partial charge in [-0.3, -0.25) is 0 Å². The van der Waals surface area contributed by atoms with Crippen molar-refractivity contribution in [3.05, 3.63) is 24.0 Å². The molecular weight excluding hydrogens is 340 g/mol. The molecule has 7 nitrogen and oxygen atoms in total. The Bertz CT molecular complexity index is 619. The lowest BCUT2D eigenvalue weighted by Crippen LogP contribution is -2.47. The first-order valence-corrected chi connectivity index (χ1v) is 6.40. The Morgan fingerprint density at radius 3 is 2.46 bits per heavy atom. The zero-order valence-electron chi connectivity index (χ0n) is 12.3. The Morgan fingerprint density at radius 2 is 1.92 bits per heavy atom. The molecule has 1 atom stereocenters. The van der Waals surface area contributed by atoms with E-state index in [1.165, 1.54) is 0 Å². The van der Waals surface area contributed by atoms with Crippen molar-refractivity contribution >= 4 is 17.7 Å². The summed E-state index contributed by atoms with van der Waals surface area (Å²) in [5.41, 5.74) is -2.51. The maximum Gasteiger partial charge on any atom is 0.422 e. The van der Waals surface area contributed by atoms with Crippen LogP contribution in [0.4, 0.5) is 28.0 Å². The largest absolute Gasteiger partial charge is 0.482 e. The molecule has 0 fully saturated rings. The molecular formula is C13H14F4N2O5. The summed E-state index contributed by atoms with van der Waals surface area (Å²) in [4.78, 5) is 22.3. The van der Waals surface area contributed by atoms with E-state index in [9.17, 15) is 32.3 Å². The molecule has 0 saturated heterocycles. The van der Waals surface area contributed by atoms with E-state index >= 15 is 0 Å². The summed E-state index contributed by atoms with van der Waals surface area (Å²) in [5.74, 6) is -3.03. The molecule has 1 rings (SSSR count). The SMILES string of the molecule is CC(O)(CNC(=O)Nc1ccc(F)cc1OCC(F)(F)F)C(=O)O. The smallest absolute Gasteiger partial charge is 0.422 e. The minimum atomic E-state index is -4.66. The molecule has 0 spiro atoms. The Balaban J connectivity index is 2.76. The second kappa shape index (κ2) is 7.34. The number of anilines is 1. The predicted molar refractivity (Wildman–Crippen MR) is 73.2 cm³/mol. The zero-order chi connectivity index (χ0) is 18.5. The van der Waals surface area contributed by atoms with Gasteiger partial charge in [0.05, 0.1) is 12.2 Å². The van der Waals surface area contributed by atoms with Crippen LogP contribution in [-0.2, 0) is 4.79 Å². The molecule has 0 radical (unpaired) electrons. The normalized spacial score (nSPS) is 13.8. The van der Waals surface area contributed by atoms with Crippen LogP contribution in [0.3, 0.4) is 0 Å². The zero-order valence-corrected chi connectivity index (χ0v) is 12.3. The van der Waals surface area contributed by atoms with Crippen LogP contribution in [0.15, 0.2) is 18.2 Å². The van der Waals surface area contributed by atoms with Gasteiger partial charge in [0, 0.05) is 6.07 Å². The molecule has 0 heterocycles. The number of ether oxygens (including phenoxy) is 1. The average molecular weight is 354 g/mol. The fourth-order valence-corrected chi connectivity index (χ4v) is 1.37. The van der Waals surface area contributed by atoms with Gasteiger partial charge >= 0.3 is 18.2 Å². The van der Waals surface area contributed by atoms with Crippen molar-refractivity contribution in [1.29, 1.82) is 0 Å². The van der Waals surface area contributed by atoms with Crippen molar-refractivity contribution in [2.45, 2.75) is 18.7 Å². The maximum atomic E-state index is 13.1. The highest BCUT2D eigenvalue weighted by Gasteiger charge is 2.31. The van der Waals surface area contributed by atoms with E-state index < -0.39 is 48.5 Å². The van der Waals surface area contributed by atoms with E-state index in [0.717, 1.165) is 19.1 Å². The number of aliphatic hydroxyl groups is 1. The van der Waals surface area contributed by atoms with E-state index in [0.29, 0.717) is 6.07 Å². The first-order valence-electron chi connectivity index (χ1n) is 6.40. The Morgan fingerprint density at radius 1 is 1.29 bits per heavy atom. The van der Waals surface area contributed by atoms with Crippen LogP contribution in [0.1, 0.15) is 6.92 Å². The van der Waals surface area contributed by atoms with Crippen molar-refractivity contribution in [3.63, 3.8) is 0 Å². The van der Waals surface area contributed by atoms with Crippen molar-refractivity contribution in [2.24, 2.45) is 0 Å². The van der Waals surface area contributed by atoms with Gasteiger partial charge in [0.1, 0.15) is 11.6 Å².